The SMILES string of the molecule is CCC/C=C(Nc1ccc2c(c1)cc(OCC(=O)NC)c(=O)n2C)/C(Cl)=C\N=C(C)Cl. The van der Waals surface area contributed by atoms with Gasteiger partial charge in [0.2, 0.25) is 0 Å². The summed E-state index contributed by atoms with van der Waals surface area (Å²) in [5.41, 5.74) is 1.88. The number of ether oxygens (including phenoxy) is 1. The minimum atomic E-state index is -0.320. The second-order valence-electron chi connectivity index (χ2n) is 6.74. The number of anilines is 1. The highest BCUT2D eigenvalue weighted by Gasteiger charge is 2.11. The summed E-state index contributed by atoms with van der Waals surface area (Å²) in [6, 6.07) is 7.19. The molecular formula is C22H26Cl2N4O3. The van der Waals surface area contributed by atoms with Gasteiger partial charge in [0.15, 0.2) is 12.4 Å². The van der Waals surface area contributed by atoms with Gasteiger partial charge in [-0.1, -0.05) is 42.6 Å². The fourth-order valence-electron chi connectivity index (χ4n) is 2.72. The molecule has 0 aliphatic heterocycles. The minimum absolute atomic E-state index is 0.0994. The van der Waals surface area contributed by atoms with E-state index in [0.29, 0.717) is 15.9 Å². The maximum absolute atomic E-state index is 12.5. The number of nitrogens with one attached hydrogen (secondary N) is 2. The minimum Gasteiger partial charge on any atom is -0.478 e. The lowest BCUT2D eigenvalue weighted by atomic mass is 10.1. The lowest BCUT2D eigenvalue weighted by Gasteiger charge is -2.14. The van der Waals surface area contributed by atoms with E-state index in [1.54, 1.807) is 20.0 Å². The van der Waals surface area contributed by atoms with E-state index in [9.17, 15) is 9.59 Å². The molecular weight excluding hydrogens is 439 g/mol. The molecule has 0 aliphatic carbocycles. The summed E-state index contributed by atoms with van der Waals surface area (Å²) in [6.45, 7) is 3.51. The molecule has 1 amide bonds. The standard InChI is InChI=1S/C22H26Cl2N4O3/c1-5-6-7-18(17(24)12-26-14(2)23)27-16-8-9-19-15(10-16)11-20(22(30)28(19)4)31-13-21(29)25-3/h7-12,27H,5-6,13H2,1-4H3,(H,25,29)/b17-12+,18-7-,26-14?. The quantitative estimate of drug-likeness (QED) is 0.422. The third-order valence-electron chi connectivity index (χ3n) is 4.36. The first-order chi connectivity index (χ1) is 14.8. The molecule has 1 aromatic carbocycles. The third-order valence-corrected chi connectivity index (χ3v) is 4.76. The lowest BCUT2D eigenvalue weighted by molar-refractivity contribution is -0.122. The van der Waals surface area contributed by atoms with Gasteiger partial charge in [-0.3, -0.25) is 9.59 Å². The predicted octanol–water partition coefficient (Wildman–Crippen LogP) is 4.50. The number of amides is 1. The highest BCUT2D eigenvalue weighted by atomic mass is 35.5. The van der Waals surface area contributed by atoms with Crippen molar-refractivity contribution in [2.75, 3.05) is 19.0 Å². The number of carbonyl (C=O) groups excluding carboxylic acids is 1. The number of allylic oxidation sites excluding steroid dienone is 2. The van der Waals surface area contributed by atoms with Gasteiger partial charge in [-0.2, -0.15) is 0 Å². The number of aliphatic imine (C=N–C) groups is 1. The normalized spacial score (nSPS) is 12.8. The van der Waals surface area contributed by atoms with Gasteiger partial charge >= 0.3 is 0 Å². The van der Waals surface area contributed by atoms with Crippen molar-refractivity contribution in [1.29, 1.82) is 0 Å². The van der Waals surface area contributed by atoms with Gasteiger partial charge in [0.1, 0.15) is 5.17 Å². The van der Waals surface area contributed by atoms with E-state index in [-0.39, 0.29) is 23.8 Å². The average molecular weight is 465 g/mol. The summed E-state index contributed by atoms with van der Waals surface area (Å²) < 4.78 is 6.89. The lowest BCUT2D eigenvalue weighted by Crippen LogP contribution is -2.27. The Kier molecular flexibility index (Phi) is 9.15. The molecule has 0 bridgehead atoms. The van der Waals surface area contributed by atoms with Crippen molar-refractivity contribution in [2.24, 2.45) is 12.0 Å². The number of halogens is 2. The Labute approximate surface area is 191 Å². The molecule has 31 heavy (non-hydrogen) atoms. The van der Waals surface area contributed by atoms with Crippen LogP contribution < -0.4 is 20.9 Å². The number of nitrogens with zero attached hydrogens (tertiary/aromatic N) is 2. The summed E-state index contributed by atoms with van der Waals surface area (Å²) in [4.78, 5) is 28.0. The molecule has 0 aliphatic rings. The monoisotopic (exact) mass is 464 g/mol. The first kappa shape index (κ1) is 24.5. The highest BCUT2D eigenvalue weighted by molar-refractivity contribution is 6.64. The van der Waals surface area contributed by atoms with Crippen molar-refractivity contribution in [3.05, 3.63) is 57.6 Å². The zero-order valence-electron chi connectivity index (χ0n) is 18.0. The van der Waals surface area contributed by atoms with Crippen molar-refractivity contribution >= 4 is 50.9 Å². The first-order valence-corrected chi connectivity index (χ1v) is 10.5. The molecule has 0 spiro atoms. The van der Waals surface area contributed by atoms with Gasteiger partial charge in [-0.05, 0) is 37.6 Å². The fourth-order valence-corrected chi connectivity index (χ4v) is 2.94. The smallest absolute Gasteiger partial charge is 0.293 e. The Balaban J connectivity index is 2.42. The number of unbranched alkanes of at least 4 members (excludes halogenated alkanes) is 1. The van der Waals surface area contributed by atoms with E-state index in [1.165, 1.54) is 17.8 Å². The molecule has 0 fully saturated rings. The van der Waals surface area contributed by atoms with Crippen molar-refractivity contribution in [3.8, 4) is 5.75 Å². The molecule has 0 saturated heterocycles. The van der Waals surface area contributed by atoms with Crippen LogP contribution in [0.1, 0.15) is 26.7 Å². The second kappa shape index (κ2) is 11.6. The predicted molar refractivity (Wildman–Crippen MR) is 128 cm³/mol. The molecule has 1 aromatic heterocycles. The van der Waals surface area contributed by atoms with Gasteiger partial charge in [0.05, 0.1) is 16.2 Å². The van der Waals surface area contributed by atoms with Gasteiger partial charge in [0.25, 0.3) is 11.5 Å². The number of aryl methyl sites for hydroxylation is 1. The number of aromatic nitrogens is 1. The number of benzene rings is 1. The second-order valence-corrected chi connectivity index (χ2v) is 7.70. The third kappa shape index (κ3) is 6.87. The molecule has 1 heterocycles. The number of pyridine rings is 1. The van der Waals surface area contributed by atoms with Crippen molar-refractivity contribution in [1.82, 2.24) is 9.88 Å². The van der Waals surface area contributed by atoms with Crippen molar-refractivity contribution in [3.63, 3.8) is 0 Å². The molecule has 166 valence electrons. The van der Waals surface area contributed by atoms with Crippen LogP contribution in [-0.2, 0) is 11.8 Å². The maximum Gasteiger partial charge on any atom is 0.293 e. The van der Waals surface area contributed by atoms with Crippen molar-refractivity contribution < 1.29 is 9.53 Å². The zero-order valence-corrected chi connectivity index (χ0v) is 19.5. The number of hydrogen-bond acceptors (Lipinski definition) is 5. The van der Waals surface area contributed by atoms with E-state index >= 15 is 0 Å². The molecule has 0 radical (unpaired) electrons. The Bertz CT molecular complexity index is 1100. The molecule has 7 nitrogen and oxygen atoms in total. The van der Waals surface area contributed by atoms with Crippen LogP contribution in [0.25, 0.3) is 10.9 Å². The van der Waals surface area contributed by atoms with Crippen LogP contribution in [0.5, 0.6) is 5.75 Å². The van der Waals surface area contributed by atoms with Crippen molar-refractivity contribution in [2.45, 2.75) is 26.7 Å². The van der Waals surface area contributed by atoms with E-state index in [4.69, 9.17) is 27.9 Å². The van der Waals surface area contributed by atoms with Gasteiger partial charge < -0.3 is 19.9 Å². The van der Waals surface area contributed by atoms with Gasteiger partial charge in [-0.15, -0.1) is 0 Å². The summed E-state index contributed by atoms with van der Waals surface area (Å²) in [5, 5.41) is 7.32. The van der Waals surface area contributed by atoms with Crippen LogP contribution in [-0.4, -0.2) is 29.3 Å². The largest absolute Gasteiger partial charge is 0.478 e. The van der Waals surface area contributed by atoms with Gasteiger partial charge in [0, 0.05) is 31.4 Å². The number of rotatable bonds is 9. The van der Waals surface area contributed by atoms with E-state index < -0.39 is 0 Å². The van der Waals surface area contributed by atoms with Crippen LogP contribution in [0.4, 0.5) is 5.69 Å². The fraction of sp³-hybridized carbons (Fsp3) is 0.318. The van der Waals surface area contributed by atoms with Crippen LogP contribution in [0.3, 0.4) is 0 Å². The number of likely N-dealkylation sites (N-methyl/N-ethyl adjacent to an activating group) is 1. The van der Waals surface area contributed by atoms with Crippen LogP contribution >= 0.6 is 23.2 Å². The topological polar surface area (TPSA) is 84.7 Å². The molecule has 0 atom stereocenters. The highest BCUT2D eigenvalue weighted by Crippen LogP contribution is 2.25. The maximum atomic E-state index is 12.5. The van der Waals surface area contributed by atoms with E-state index in [1.807, 2.05) is 24.3 Å². The molecule has 2 N–H and O–H groups in total. The Hall–Kier alpha value is -2.77. The molecule has 0 saturated carbocycles. The van der Waals surface area contributed by atoms with Crippen LogP contribution in [0.2, 0.25) is 0 Å². The molecule has 9 heteroatoms. The Morgan fingerprint density at radius 3 is 2.68 bits per heavy atom. The summed E-state index contributed by atoms with van der Waals surface area (Å²) in [5.74, 6) is -0.220. The average Bonchev–Trinajstić information content (AvgIpc) is 2.75. The Morgan fingerprint density at radius 2 is 2.03 bits per heavy atom. The summed E-state index contributed by atoms with van der Waals surface area (Å²) >= 11 is 12.2. The van der Waals surface area contributed by atoms with Crippen LogP contribution in [0, 0.1) is 0 Å². The van der Waals surface area contributed by atoms with Crippen LogP contribution in [0.15, 0.2) is 57.1 Å². The molecule has 0 unspecified atom stereocenters. The summed E-state index contributed by atoms with van der Waals surface area (Å²) in [6.07, 6.45) is 5.27. The summed E-state index contributed by atoms with van der Waals surface area (Å²) in [7, 11) is 3.16. The van der Waals surface area contributed by atoms with E-state index in [2.05, 4.69) is 22.5 Å². The number of carbonyl (C=O) groups is 1. The first-order valence-electron chi connectivity index (χ1n) is 9.77. The van der Waals surface area contributed by atoms with E-state index in [0.717, 1.165) is 29.4 Å². The number of fused-ring (bicyclic) bond motifs is 1. The molecule has 2 rings (SSSR count). The number of hydrogen-bond donors (Lipinski definition) is 2. The molecule has 2 aromatic rings. The van der Waals surface area contributed by atoms with Gasteiger partial charge in [-0.25, -0.2) is 4.99 Å². The zero-order chi connectivity index (χ0) is 23.0. The Morgan fingerprint density at radius 1 is 1.29 bits per heavy atom.